The van der Waals surface area contributed by atoms with E-state index in [2.05, 4.69) is 15.6 Å². The molecule has 6 heteroatoms. The van der Waals surface area contributed by atoms with Crippen molar-refractivity contribution in [3.63, 3.8) is 0 Å². The topological polar surface area (TPSA) is 64.1 Å². The van der Waals surface area contributed by atoms with Crippen molar-refractivity contribution >= 4 is 5.96 Å². The molecule has 0 aliphatic carbocycles. The maximum Gasteiger partial charge on any atom is 0.191 e. The summed E-state index contributed by atoms with van der Waals surface area (Å²) >= 11 is 0. The third kappa shape index (κ3) is 5.98. The number of hydrogen-bond donors (Lipinski definition) is 2. The average Bonchev–Trinajstić information content (AvgIpc) is 2.82. The summed E-state index contributed by atoms with van der Waals surface area (Å²) in [5.41, 5.74) is 1.13. The SMILES string of the molecule is CCOCCCNC(=NC)NCc1ccc2c(c1)OCCCO2. The second-order valence-electron chi connectivity index (χ2n) is 5.23. The molecule has 1 aliphatic rings. The predicted octanol–water partition coefficient (Wildman–Crippen LogP) is 1.94. The Labute approximate surface area is 138 Å². The largest absolute Gasteiger partial charge is 0.490 e. The molecule has 0 amide bonds. The van der Waals surface area contributed by atoms with Gasteiger partial charge < -0.3 is 24.8 Å². The molecule has 0 unspecified atom stereocenters. The average molecular weight is 321 g/mol. The molecule has 128 valence electrons. The quantitative estimate of drug-likeness (QED) is 0.456. The maximum atomic E-state index is 5.71. The normalized spacial score (nSPS) is 14.3. The Morgan fingerprint density at radius 2 is 2.04 bits per heavy atom. The summed E-state index contributed by atoms with van der Waals surface area (Å²) in [7, 11) is 1.77. The molecule has 0 radical (unpaired) electrons. The molecule has 2 N–H and O–H groups in total. The molecule has 0 aromatic heterocycles. The zero-order valence-electron chi connectivity index (χ0n) is 14.1. The third-order valence-corrected chi connectivity index (χ3v) is 3.46. The third-order valence-electron chi connectivity index (χ3n) is 3.46. The van der Waals surface area contributed by atoms with Crippen LogP contribution >= 0.6 is 0 Å². The highest BCUT2D eigenvalue weighted by Crippen LogP contribution is 2.30. The number of rotatable bonds is 7. The summed E-state index contributed by atoms with van der Waals surface area (Å²) < 4.78 is 16.7. The molecule has 2 rings (SSSR count). The second kappa shape index (κ2) is 9.94. The van der Waals surface area contributed by atoms with Gasteiger partial charge in [0.15, 0.2) is 17.5 Å². The van der Waals surface area contributed by atoms with Gasteiger partial charge in [-0.3, -0.25) is 4.99 Å². The van der Waals surface area contributed by atoms with Gasteiger partial charge in [0.05, 0.1) is 13.2 Å². The van der Waals surface area contributed by atoms with Gasteiger partial charge in [-0.1, -0.05) is 6.07 Å². The molecular formula is C17H27N3O3. The Morgan fingerprint density at radius 1 is 1.22 bits per heavy atom. The maximum absolute atomic E-state index is 5.71. The first-order valence-electron chi connectivity index (χ1n) is 8.24. The van der Waals surface area contributed by atoms with Crippen molar-refractivity contribution in [2.75, 3.05) is 40.0 Å². The lowest BCUT2D eigenvalue weighted by Gasteiger charge is -2.13. The summed E-state index contributed by atoms with van der Waals surface area (Å²) in [6, 6.07) is 6.04. The summed E-state index contributed by atoms with van der Waals surface area (Å²) in [5.74, 6) is 2.43. The standard InChI is InChI=1S/C17H27N3O3/c1-3-21-9-4-8-19-17(18-2)20-13-14-6-7-15-16(12-14)23-11-5-10-22-15/h6-7,12H,3-5,8-11,13H2,1-2H3,(H2,18,19,20). The minimum Gasteiger partial charge on any atom is -0.490 e. The molecule has 23 heavy (non-hydrogen) atoms. The molecule has 0 spiro atoms. The molecule has 1 aromatic rings. The Balaban J connectivity index is 1.78. The fourth-order valence-corrected chi connectivity index (χ4v) is 2.25. The van der Waals surface area contributed by atoms with E-state index in [1.54, 1.807) is 7.05 Å². The zero-order chi connectivity index (χ0) is 16.3. The van der Waals surface area contributed by atoms with Crippen LogP contribution in [0.2, 0.25) is 0 Å². The summed E-state index contributed by atoms with van der Waals surface area (Å²) in [6.45, 7) is 6.46. The van der Waals surface area contributed by atoms with Crippen LogP contribution in [0.4, 0.5) is 0 Å². The zero-order valence-corrected chi connectivity index (χ0v) is 14.1. The fourth-order valence-electron chi connectivity index (χ4n) is 2.25. The number of guanidine groups is 1. The van der Waals surface area contributed by atoms with Crippen LogP contribution in [0.25, 0.3) is 0 Å². The number of nitrogens with one attached hydrogen (secondary N) is 2. The number of benzene rings is 1. The van der Waals surface area contributed by atoms with E-state index in [0.717, 1.165) is 55.6 Å². The number of hydrogen-bond acceptors (Lipinski definition) is 4. The first kappa shape index (κ1) is 17.4. The van der Waals surface area contributed by atoms with E-state index in [1.165, 1.54) is 0 Å². The van der Waals surface area contributed by atoms with E-state index in [9.17, 15) is 0 Å². The van der Waals surface area contributed by atoms with Crippen LogP contribution in [0.5, 0.6) is 11.5 Å². The molecule has 0 bridgehead atoms. The molecule has 0 saturated carbocycles. The highest BCUT2D eigenvalue weighted by atomic mass is 16.5. The highest BCUT2D eigenvalue weighted by Gasteiger charge is 2.10. The number of nitrogens with zero attached hydrogens (tertiary/aromatic N) is 1. The van der Waals surface area contributed by atoms with Gasteiger partial charge in [0.1, 0.15) is 0 Å². The van der Waals surface area contributed by atoms with Crippen molar-refractivity contribution in [2.24, 2.45) is 4.99 Å². The first-order valence-corrected chi connectivity index (χ1v) is 8.24. The smallest absolute Gasteiger partial charge is 0.191 e. The number of aliphatic imine (C=N–C) groups is 1. The van der Waals surface area contributed by atoms with Crippen molar-refractivity contribution < 1.29 is 14.2 Å². The Bertz CT molecular complexity index is 506. The van der Waals surface area contributed by atoms with Gasteiger partial charge in [-0.25, -0.2) is 0 Å². The molecule has 0 fully saturated rings. The van der Waals surface area contributed by atoms with Crippen LogP contribution in [0, 0.1) is 0 Å². The van der Waals surface area contributed by atoms with Crippen molar-refractivity contribution in [3.05, 3.63) is 23.8 Å². The molecular weight excluding hydrogens is 294 g/mol. The minimum atomic E-state index is 0.682. The summed E-state index contributed by atoms with van der Waals surface area (Å²) in [6.07, 6.45) is 1.87. The van der Waals surface area contributed by atoms with Gasteiger partial charge >= 0.3 is 0 Å². The monoisotopic (exact) mass is 321 g/mol. The molecule has 1 aromatic carbocycles. The van der Waals surface area contributed by atoms with E-state index in [0.29, 0.717) is 19.8 Å². The van der Waals surface area contributed by atoms with Crippen molar-refractivity contribution in [2.45, 2.75) is 26.3 Å². The van der Waals surface area contributed by atoms with E-state index in [1.807, 2.05) is 25.1 Å². The van der Waals surface area contributed by atoms with E-state index >= 15 is 0 Å². The van der Waals surface area contributed by atoms with Crippen molar-refractivity contribution in [3.8, 4) is 11.5 Å². The van der Waals surface area contributed by atoms with Crippen molar-refractivity contribution in [1.82, 2.24) is 10.6 Å². The lowest BCUT2D eigenvalue weighted by atomic mass is 10.2. The second-order valence-corrected chi connectivity index (χ2v) is 5.23. The van der Waals surface area contributed by atoms with E-state index in [-0.39, 0.29) is 0 Å². The first-order chi connectivity index (χ1) is 11.3. The molecule has 0 atom stereocenters. The van der Waals surface area contributed by atoms with Crippen LogP contribution in [0.1, 0.15) is 25.3 Å². The predicted molar refractivity (Wildman–Crippen MR) is 91.4 cm³/mol. The van der Waals surface area contributed by atoms with Crippen LogP contribution in [-0.4, -0.2) is 46.0 Å². The summed E-state index contributed by atoms with van der Waals surface area (Å²) in [4.78, 5) is 4.22. The highest BCUT2D eigenvalue weighted by molar-refractivity contribution is 5.79. The molecule has 0 saturated heterocycles. The fraction of sp³-hybridized carbons (Fsp3) is 0.588. The Hall–Kier alpha value is -1.95. The Morgan fingerprint density at radius 3 is 2.83 bits per heavy atom. The van der Waals surface area contributed by atoms with Crippen LogP contribution in [0.15, 0.2) is 23.2 Å². The van der Waals surface area contributed by atoms with Gasteiger partial charge in [-0.15, -0.1) is 0 Å². The van der Waals surface area contributed by atoms with Gasteiger partial charge in [-0.05, 0) is 31.0 Å². The van der Waals surface area contributed by atoms with Crippen LogP contribution < -0.4 is 20.1 Å². The van der Waals surface area contributed by atoms with Gasteiger partial charge in [-0.2, -0.15) is 0 Å². The molecule has 6 nitrogen and oxygen atoms in total. The van der Waals surface area contributed by atoms with Crippen LogP contribution in [0.3, 0.4) is 0 Å². The molecule has 1 heterocycles. The minimum absolute atomic E-state index is 0.682. The lowest BCUT2D eigenvalue weighted by molar-refractivity contribution is 0.145. The number of ether oxygens (including phenoxy) is 3. The van der Waals surface area contributed by atoms with Gasteiger partial charge in [0, 0.05) is 39.8 Å². The molecule has 1 aliphatic heterocycles. The van der Waals surface area contributed by atoms with Crippen LogP contribution in [-0.2, 0) is 11.3 Å². The van der Waals surface area contributed by atoms with Gasteiger partial charge in [0.2, 0.25) is 0 Å². The Kier molecular flexibility index (Phi) is 7.52. The number of fused-ring (bicyclic) bond motifs is 1. The van der Waals surface area contributed by atoms with E-state index < -0.39 is 0 Å². The van der Waals surface area contributed by atoms with Gasteiger partial charge in [0.25, 0.3) is 0 Å². The summed E-state index contributed by atoms with van der Waals surface area (Å²) in [5, 5.41) is 6.57. The van der Waals surface area contributed by atoms with Crippen molar-refractivity contribution in [1.29, 1.82) is 0 Å². The lowest BCUT2D eigenvalue weighted by Crippen LogP contribution is -2.37. The van der Waals surface area contributed by atoms with E-state index in [4.69, 9.17) is 14.2 Å².